The van der Waals surface area contributed by atoms with Crippen molar-refractivity contribution in [1.82, 2.24) is 15.0 Å². The van der Waals surface area contributed by atoms with Gasteiger partial charge < -0.3 is 15.4 Å². The van der Waals surface area contributed by atoms with E-state index >= 15 is 0 Å². The summed E-state index contributed by atoms with van der Waals surface area (Å²) in [6.45, 7) is 0.676. The molecule has 8 nitrogen and oxygen atoms in total. The third-order valence-electron chi connectivity index (χ3n) is 4.11. The number of rotatable bonds is 9. The maximum Gasteiger partial charge on any atom is 0.319 e. The Balaban J connectivity index is 1.48. The number of urea groups is 1. The van der Waals surface area contributed by atoms with Crippen LogP contribution in [-0.4, -0.2) is 26.5 Å². The number of nitrogens with zero attached hydrogens (tertiary/aromatic N) is 1. The SMILES string of the molecule is CNS(=O)(=O)Cc1ccc(CNC(=O)Nc2cccc(OCc3cscn3)c2)cc1. The Morgan fingerprint density at radius 1 is 1.13 bits per heavy atom. The lowest BCUT2D eigenvalue weighted by Gasteiger charge is -2.10. The number of anilines is 1. The zero-order valence-corrected chi connectivity index (χ0v) is 17.9. The average Bonchev–Trinajstić information content (AvgIpc) is 3.26. The van der Waals surface area contributed by atoms with Crippen molar-refractivity contribution in [2.75, 3.05) is 12.4 Å². The fourth-order valence-electron chi connectivity index (χ4n) is 2.53. The molecule has 0 aliphatic carbocycles. The van der Waals surface area contributed by atoms with Crippen LogP contribution in [0.15, 0.2) is 59.4 Å². The number of carbonyl (C=O) groups excluding carboxylic acids is 1. The fourth-order valence-corrected chi connectivity index (χ4v) is 3.85. The van der Waals surface area contributed by atoms with Crippen molar-refractivity contribution in [2.24, 2.45) is 0 Å². The van der Waals surface area contributed by atoms with Gasteiger partial charge in [0.05, 0.1) is 17.0 Å². The van der Waals surface area contributed by atoms with Crippen molar-refractivity contribution in [2.45, 2.75) is 18.9 Å². The lowest BCUT2D eigenvalue weighted by molar-refractivity contribution is 0.251. The summed E-state index contributed by atoms with van der Waals surface area (Å²) in [4.78, 5) is 16.3. The molecule has 0 saturated carbocycles. The van der Waals surface area contributed by atoms with Gasteiger partial charge in [0.15, 0.2) is 0 Å². The van der Waals surface area contributed by atoms with Gasteiger partial charge in [0.2, 0.25) is 10.0 Å². The molecule has 0 spiro atoms. The van der Waals surface area contributed by atoms with E-state index in [0.29, 0.717) is 30.2 Å². The van der Waals surface area contributed by atoms with Crippen molar-refractivity contribution >= 4 is 33.1 Å². The fraction of sp³-hybridized carbons (Fsp3) is 0.200. The molecule has 0 aliphatic heterocycles. The molecule has 1 heterocycles. The summed E-state index contributed by atoms with van der Waals surface area (Å²) in [6.07, 6.45) is 0. The number of aromatic nitrogens is 1. The molecule has 3 aromatic rings. The van der Waals surface area contributed by atoms with Crippen molar-refractivity contribution in [3.63, 3.8) is 0 Å². The van der Waals surface area contributed by atoms with Crippen LogP contribution in [0.25, 0.3) is 0 Å². The Kier molecular flexibility index (Phi) is 7.39. The first-order chi connectivity index (χ1) is 14.4. The number of carbonyl (C=O) groups is 1. The van der Waals surface area contributed by atoms with Gasteiger partial charge in [-0.1, -0.05) is 30.3 Å². The molecule has 10 heteroatoms. The van der Waals surface area contributed by atoms with E-state index < -0.39 is 10.0 Å². The number of sulfonamides is 1. The first kappa shape index (κ1) is 21.8. The quantitative estimate of drug-likeness (QED) is 0.468. The van der Waals surface area contributed by atoms with Gasteiger partial charge in [0, 0.05) is 23.7 Å². The van der Waals surface area contributed by atoms with Crippen molar-refractivity contribution in [1.29, 1.82) is 0 Å². The predicted molar refractivity (Wildman–Crippen MR) is 117 cm³/mol. The number of nitrogens with one attached hydrogen (secondary N) is 3. The summed E-state index contributed by atoms with van der Waals surface area (Å²) in [5.41, 5.74) is 4.74. The van der Waals surface area contributed by atoms with Gasteiger partial charge in [0.25, 0.3) is 0 Å². The second-order valence-corrected chi connectivity index (χ2v) is 9.03. The molecule has 2 aromatic carbocycles. The van der Waals surface area contributed by atoms with Crippen molar-refractivity contribution in [3.05, 3.63) is 76.2 Å². The van der Waals surface area contributed by atoms with E-state index in [1.54, 1.807) is 48.0 Å². The molecule has 0 fully saturated rings. The van der Waals surface area contributed by atoms with Gasteiger partial charge >= 0.3 is 6.03 Å². The smallest absolute Gasteiger partial charge is 0.319 e. The van der Waals surface area contributed by atoms with Crippen LogP contribution in [0.5, 0.6) is 5.75 Å². The molecule has 0 saturated heterocycles. The molecule has 0 bridgehead atoms. The van der Waals surface area contributed by atoms with Crippen molar-refractivity contribution < 1.29 is 17.9 Å². The predicted octanol–water partition coefficient (Wildman–Crippen LogP) is 3.09. The highest BCUT2D eigenvalue weighted by molar-refractivity contribution is 7.88. The van der Waals surface area contributed by atoms with Crippen LogP contribution in [0, 0.1) is 0 Å². The molecule has 2 amide bonds. The van der Waals surface area contributed by atoms with E-state index in [2.05, 4.69) is 20.3 Å². The maximum absolute atomic E-state index is 12.2. The Hall–Kier alpha value is -2.95. The molecule has 0 unspecified atom stereocenters. The topological polar surface area (TPSA) is 109 Å². The number of benzene rings is 2. The minimum atomic E-state index is -3.31. The van der Waals surface area contributed by atoms with Gasteiger partial charge in [-0.3, -0.25) is 0 Å². The van der Waals surface area contributed by atoms with Crippen LogP contribution < -0.4 is 20.1 Å². The molecule has 1 aromatic heterocycles. The van der Waals surface area contributed by atoms with E-state index in [1.165, 1.54) is 18.4 Å². The first-order valence-corrected chi connectivity index (χ1v) is 11.7. The molecule has 3 N–H and O–H groups in total. The number of amides is 2. The number of hydrogen-bond donors (Lipinski definition) is 3. The highest BCUT2D eigenvalue weighted by atomic mass is 32.2. The Morgan fingerprint density at radius 3 is 2.60 bits per heavy atom. The van der Waals surface area contributed by atoms with E-state index in [0.717, 1.165) is 11.3 Å². The Morgan fingerprint density at radius 2 is 1.90 bits per heavy atom. The minimum Gasteiger partial charge on any atom is -0.487 e. The highest BCUT2D eigenvalue weighted by Gasteiger charge is 2.09. The second-order valence-electron chi connectivity index (χ2n) is 6.38. The lowest BCUT2D eigenvalue weighted by atomic mass is 10.1. The van der Waals surface area contributed by atoms with Gasteiger partial charge in [-0.05, 0) is 30.3 Å². The lowest BCUT2D eigenvalue weighted by Crippen LogP contribution is -2.28. The van der Waals surface area contributed by atoms with Crippen LogP contribution in [0.4, 0.5) is 10.5 Å². The summed E-state index contributed by atoms with van der Waals surface area (Å²) in [5.74, 6) is 0.548. The van der Waals surface area contributed by atoms with Gasteiger partial charge in [-0.25, -0.2) is 22.9 Å². The van der Waals surface area contributed by atoms with E-state index in [4.69, 9.17) is 4.74 Å². The van der Waals surface area contributed by atoms with Crippen LogP contribution >= 0.6 is 11.3 Å². The third kappa shape index (κ3) is 6.83. The molecule has 0 aliphatic rings. The van der Waals surface area contributed by atoms with Crippen LogP contribution in [-0.2, 0) is 28.9 Å². The van der Waals surface area contributed by atoms with Crippen LogP contribution in [0.3, 0.4) is 0 Å². The first-order valence-electron chi connectivity index (χ1n) is 9.07. The normalized spacial score (nSPS) is 11.1. The van der Waals surface area contributed by atoms with Gasteiger partial charge in [0.1, 0.15) is 12.4 Å². The number of hydrogen-bond acceptors (Lipinski definition) is 6. The highest BCUT2D eigenvalue weighted by Crippen LogP contribution is 2.18. The minimum absolute atomic E-state index is 0.0847. The molecule has 0 atom stereocenters. The van der Waals surface area contributed by atoms with Crippen LogP contribution in [0.2, 0.25) is 0 Å². The van der Waals surface area contributed by atoms with Crippen LogP contribution in [0.1, 0.15) is 16.8 Å². The average molecular weight is 447 g/mol. The molecule has 0 radical (unpaired) electrons. The van der Waals surface area contributed by atoms with E-state index in [-0.39, 0.29) is 11.8 Å². The summed E-state index contributed by atoms with van der Waals surface area (Å²) in [7, 11) is -1.93. The number of ether oxygens (including phenoxy) is 1. The standard InChI is InChI=1S/C20H22N4O4S2/c1-21-30(26,27)13-16-7-5-15(6-8-16)10-22-20(25)24-17-3-2-4-19(9-17)28-11-18-12-29-14-23-18/h2-9,12,14,21H,10-11,13H2,1H3,(H2,22,24,25). The third-order valence-corrected chi connectivity index (χ3v) is 6.08. The number of thiazole rings is 1. The monoisotopic (exact) mass is 446 g/mol. The van der Waals surface area contributed by atoms with E-state index in [1.807, 2.05) is 11.4 Å². The largest absolute Gasteiger partial charge is 0.487 e. The van der Waals surface area contributed by atoms with E-state index in [9.17, 15) is 13.2 Å². The Labute approximate surface area is 179 Å². The second kappa shape index (κ2) is 10.2. The molecule has 30 heavy (non-hydrogen) atoms. The molecule has 158 valence electrons. The summed E-state index contributed by atoms with van der Waals surface area (Å²) in [6, 6.07) is 13.8. The molecular formula is C20H22N4O4S2. The van der Waals surface area contributed by atoms with Crippen molar-refractivity contribution in [3.8, 4) is 5.75 Å². The maximum atomic E-state index is 12.2. The van der Waals surface area contributed by atoms with Gasteiger partial charge in [-0.15, -0.1) is 11.3 Å². The summed E-state index contributed by atoms with van der Waals surface area (Å²) >= 11 is 1.51. The zero-order chi connectivity index (χ0) is 21.4. The summed E-state index contributed by atoms with van der Waals surface area (Å²) < 4.78 is 31.1. The zero-order valence-electron chi connectivity index (χ0n) is 16.3. The summed E-state index contributed by atoms with van der Waals surface area (Å²) in [5, 5.41) is 7.45. The van der Waals surface area contributed by atoms with Gasteiger partial charge in [-0.2, -0.15) is 0 Å². The molecule has 3 rings (SSSR count). The Bertz CT molecular complexity index is 1070. The molecular weight excluding hydrogens is 424 g/mol.